The van der Waals surface area contributed by atoms with E-state index in [0.717, 1.165) is 6.07 Å². The first-order valence-corrected chi connectivity index (χ1v) is 6.93. The van der Waals surface area contributed by atoms with Crippen LogP contribution in [0.4, 0.5) is 20.2 Å². The zero-order valence-electron chi connectivity index (χ0n) is 11.4. The van der Waals surface area contributed by atoms with E-state index in [9.17, 15) is 13.6 Å². The summed E-state index contributed by atoms with van der Waals surface area (Å²) >= 11 is 3.01. The summed E-state index contributed by atoms with van der Waals surface area (Å²) in [6.45, 7) is 3.91. The van der Waals surface area contributed by atoms with E-state index in [1.54, 1.807) is 13.8 Å². The van der Waals surface area contributed by atoms with Crippen LogP contribution in [0.3, 0.4) is 0 Å². The zero-order valence-corrected chi connectivity index (χ0v) is 13.0. The summed E-state index contributed by atoms with van der Waals surface area (Å²) in [6, 6.07) is 1.75. The highest BCUT2D eigenvalue weighted by atomic mass is 79.9. The molecule has 2 rings (SSSR count). The number of aromatic nitrogens is 2. The van der Waals surface area contributed by atoms with Crippen LogP contribution in [-0.4, -0.2) is 15.7 Å². The topological polar surface area (TPSA) is 72.9 Å². The molecule has 0 aliphatic heterocycles. The Balaban J connectivity index is 2.40. The summed E-state index contributed by atoms with van der Waals surface area (Å²) in [5, 5.41) is 6.50. The molecule has 0 saturated carbocycles. The van der Waals surface area contributed by atoms with Crippen molar-refractivity contribution < 1.29 is 13.6 Å². The first kappa shape index (κ1) is 15.4. The highest BCUT2D eigenvalue weighted by Crippen LogP contribution is 2.28. The fourth-order valence-corrected chi connectivity index (χ4v) is 2.41. The fraction of sp³-hybridized carbons (Fsp3) is 0.231. The molecule has 5 nitrogen and oxygen atoms in total. The summed E-state index contributed by atoms with van der Waals surface area (Å²) in [7, 11) is 0. The second-order valence-corrected chi connectivity index (χ2v) is 5.22. The largest absolute Gasteiger partial charge is 0.395 e. The Hall–Kier alpha value is -1.96. The van der Waals surface area contributed by atoms with Crippen molar-refractivity contribution in [3.8, 4) is 0 Å². The SMILES string of the molecule is CCn1nc(C)c(N)c1C(=O)Nc1c(F)cc(F)cc1Br. The molecule has 2 aromatic rings. The number of nitrogens with one attached hydrogen (secondary N) is 1. The van der Waals surface area contributed by atoms with E-state index >= 15 is 0 Å². The van der Waals surface area contributed by atoms with Gasteiger partial charge in [0.2, 0.25) is 0 Å². The Bertz CT molecular complexity index is 691. The third kappa shape index (κ3) is 2.90. The normalized spacial score (nSPS) is 10.7. The molecule has 1 heterocycles. The van der Waals surface area contributed by atoms with Gasteiger partial charge in [0.25, 0.3) is 5.91 Å². The number of carbonyl (C=O) groups is 1. The third-order valence-corrected chi connectivity index (χ3v) is 3.56. The highest BCUT2D eigenvalue weighted by molar-refractivity contribution is 9.10. The standard InChI is InChI=1S/C13H13BrF2N4O/c1-3-20-12(10(17)6(2)19-20)13(21)18-11-8(14)4-7(15)5-9(11)16/h4-5H,3,17H2,1-2H3,(H,18,21). The molecule has 0 radical (unpaired) electrons. The summed E-state index contributed by atoms with van der Waals surface area (Å²) < 4.78 is 28.3. The molecule has 0 spiro atoms. The van der Waals surface area contributed by atoms with E-state index in [0.29, 0.717) is 18.3 Å². The second kappa shape index (κ2) is 5.80. The molecule has 0 aliphatic rings. The number of hydrogen-bond donors (Lipinski definition) is 2. The average molecular weight is 359 g/mol. The van der Waals surface area contributed by atoms with Crippen molar-refractivity contribution >= 4 is 33.2 Å². The lowest BCUT2D eigenvalue weighted by atomic mass is 10.2. The molecule has 0 atom stereocenters. The quantitative estimate of drug-likeness (QED) is 0.885. The van der Waals surface area contributed by atoms with E-state index in [1.807, 2.05) is 0 Å². The van der Waals surface area contributed by atoms with E-state index in [1.165, 1.54) is 4.68 Å². The number of halogens is 3. The molecule has 0 unspecified atom stereocenters. The predicted molar refractivity (Wildman–Crippen MR) is 79.1 cm³/mol. The molecule has 0 aliphatic carbocycles. The highest BCUT2D eigenvalue weighted by Gasteiger charge is 2.21. The van der Waals surface area contributed by atoms with Crippen LogP contribution < -0.4 is 11.1 Å². The van der Waals surface area contributed by atoms with E-state index in [2.05, 4.69) is 26.3 Å². The summed E-state index contributed by atoms with van der Waals surface area (Å²) in [5.74, 6) is -2.24. The summed E-state index contributed by atoms with van der Waals surface area (Å²) in [5.41, 5.74) is 6.56. The predicted octanol–water partition coefficient (Wildman–Crippen LogP) is 3.09. The Kier molecular flexibility index (Phi) is 4.26. The maximum absolute atomic E-state index is 13.7. The number of nitrogen functional groups attached to an aromatic ring is 1. The minimum atomic E-state index is -0.881. The number of anilines is 2. The van der Waals surface area contributed by atoms with Gasteiger partial charge in [0, 0.05) is 17.1 Å². The van der Waals surface area contributed by atoms with Gasteiger partial charge in [-0.1, -0.05) is 0 Å². The van der Waals surface area contributed by atoms with Gasteiger partial charge < -0.3 is 11.1 Å². The number of benzene rings is 1. The lowest BCUT2D eigenvalue weighted by molar-refractivity contribution is 0.101. The van der Waals surface area contributed by atoms with Crippen LogP contribution in [0.5, 0.6) is 0 Å². The van der Waals surface area contributed by atoms with Crippen molar-refractivity contribution in [2.75, 3.05) is 11.1 Å². The molecule has 1 aromatic carbocycles. The van der Waals surface area contributed by atoms with Gasteiger partial charge in [0.15, 0.2) is 5.82 Å². The van der Waals surface area contributed by atoms with Crippen LogP contribution in [0.25, 0.3) is 0 Å². The van der Waals surface area contributed by atoms with Gasteiger partial charge in [-0.25, -0.2) is 8.78 Å². The van der Waals surface area contributed by atoms with Gasteiger partial charge in [0.05, 0.1) is 17.1 Å². The zero-order chi connectivity index (χ0) is 15.7. The number of rotatable bonds is 3. The average Bonchev–Trinajstić information content (AvgIpc) is 2.69. The smallest absolute Gasteiger partial charge is 0.276 e. The number of aryl methyl sites for hydroxylation is 2. The van der Waals surface area contributed by atoms with Crippen molar-refractivity contribution in [2.24, 2.45) is 0 Å². The van der Waals surface area contributed by atoms with Crippen LogP contribution in [0.15, 0.2) is 16.6 Å². The molecular formula is C13H13BrF2N4O. The lowest BCUT2D eigenvalue weighted by Crippen LogP contribution is -2.19. The van der Waals surface area contributed by atoms with Crippen molar-refractivity contribution in [3.05, 3.63) is 39.6 Å². The molecule has 3 N–H and O–H groups in total. The first-order chi connectivity index (χ1) is 9.85. The molecule has 8 heteroatoms. The van der Waals surface area contributed by atoms with E-state index in [4.69, 9.17) is 5.73 Å². The Labute approximate surface area is 128 Å². The Morgan fingerprint density at radius 2 is 2.14 bits per heavy atom. The number of hydrogen-bond acceptors (Lipinski definition) is 3. The van der Waals surface area contributed by atoms with Gasteiger partial charge in [-0.05, 0) is 35.8 Å². The maximum atomic E-state index is 13.7. The number of nitrogens with zero attached hydrogens (tertiary/aromatic N) is 2. The van der Waals surface area contributed by atoms with Crippen molar-refractivity contribution in [1.29, 1.82) is 0 Å². The molecular weight excluding hydrogens is 346 g/mol. The minimum Gasteiger partial charge on any atom is -0.395 e. The number of carbonyl (C=O) groups excluding carboxylic acids is 1. The number of nitrogens with two attached hydrogens (primary N) is 1. The monoisotopic (exact) mass is 358 g/mol. The van der Waals surface area contributed by atoms with Crippen molar-refractivity contribution in [1.82, 2.24) is 9.78 Å². The summed E-state index contributed by atoms with van der Waals surface area (Å²) in [4.78, 5) is 12.3. The minimum absolute atomic E-state index is 0.103. The van der Waals surface area contributed by atoms with E-state index in [-0.39, 0.29) is 21.5 Å². The first-order valence-electron chi connectivity index (χ1n) is 6.13. The van der Waals surface area contributed by atoms with Crippen molar-refractivity contribution in [2.45, 2.75) is 20.4 Å². The van der Waals surface area contributed by atoms with Gasteiger partial charge in [-0.3, -0.25) is 9.48 Å². The molecule has 0 saturated heterocycles. The Morgan fingerprint density at radius 1 is 1.48 bits per heavy atom. The van der Waals surface area contributed by atoms with Crippen LogP contribution in [0.2, 0.25) is 0 Å². The lowest BCUT2D eigenvalue weighted by Gasteiger charge is -2.10. The van der Waals surface area contributed by atoms with Gasteiger partial charge in [-0.2, -0.15) is 5.10 Å². The number of amides is 1. The van der Waals surface area contributed by atoms with Gasteiger partial charge in [0.1, 0.15) is 11.5 Å². The molecule has 112 valence electrons. The molecule has 0 fully saturated rings. The van der Waals surface area contributed by atoms with Crippen LogP contribution >= 0.6 is 15.9 Å². The van der Waals surface area contributed by atoms with Crippen LogP contribution in [0.1, 0.15) is 23.1 Å². The van der Waals surface area contributed by atoms with Crippen LogP contribution in [-0.2, 0) is 6.54 Å². The van der Waals surface area contributed by atoms with E-state index < -0.39 is 17.5 Å². The Morgan fingerprint density at radius 3 is 2.71 bits per heavy atom. The molecule has 0 bridgehead atoms. The maximum Gasteiger partial charge on any atom is 0.276 e. The van der Waals surface area contributed by atoms with Gasteiger partial charge in [-0.15, -0.1) is 0 Å². The summed E-state index contributed by atoms with van der Waals surface area (Å²) in [6.07, 6.45) is 0. The van der Waals surface area contributed by atoms with Crippen molar-refractivity contribution in [3.63, 3.8) is 0 Å². The fourth-order valence-electron chi connectivity index (χ4n) is 1.90. The molecule has 21 heavy (non-hydrogen) atoms. The second-order valence-electron chi connectivity index (χ2n) is 4.36. The molecule has 1 aromatic heterocycles. The van der Waals surface area contributed by atoms with Crippen LogP contribution in [0, 0.1) is 18.6 Å². The van der Waals surface area contributed by atoms with Gasteiger partial charge >= 0.3 is 0 Å². The molecule has 1 amide bonds. The third-order valence-electron chi connectivity index (χ3n) is 2.93.